The molecule has 9 heteroatoms. The Morgan fingerprint density at radius 1 is 1.03 bits per heavy atom. The first kappa shape index (κ1) is 28.6. The zero-order valence-corrected chi connectivity index (χ0v) is 23.8. The number of rotatable bonds is 12. The molecule has 208 valence electrons. The maximum Gasteiger partial charge on any atom is 0.303 e. The van der Waals surface area contributed by atoms with E-state index >= 15 is 0 Å². The van der Waals surface area contributed by atoms with Crippen LogP contribution in [0, 0.1) is 0 Å². The van der Waals surface area contributed by atoms with E-state index in [0.717, 1.165) is 59.6 Å². The van der Waals surface area contributed by atoms with Crippen LogP contribution in [0.4, 0.5) is 11.4 Å². The molecular formula is C30H37N2O6S+. The SMILES string of the molecule is CCN(CC)c1ccc2cc(/C=C/C3=[N+](CCCCCC(=O)O)c4ccc(S(=O)(=O)O)cc4C3(C)C)oc2c1. The minimum Gasteiger partial charge on any atom is -0.481 e. The third kappa shape index (κ3) is 6.09. The smallest absolute Gasteiger partial charge is 0.303 e. The number of aliphatic carboxylic acids is 1. The maximum absolute atomic E-state index is 11.9. The van der Waals surface area contributed by atoms with Crippen LogP contribution in [0.2, 0.25) is 0 Å². The molecule has 3 aromatic rings. The van der Waals surface area contributed by atoms with Crippen molar-refractivity contribution in [3.8, 4) is 0 Å². The molecule has 2 aromatic carbocycles. The Bertz CT molecular complexity index is 1540. The highest BCUT2D eigenvalue weighted by Crippen LogP contribution is 2.41. The number of hydrogen-bond donors (Lipinski definition) is 2. The van der Waals surface area contributed by atoms with Crippen LogP contribution in [-0.4, -0.2) is 54.0 Å². The number of hydrogen-bond acceptors (Lipinski definition) is 5. The highest BCUT2D eigenvalue weighted by molar-refractivity contribution is 7.85. The number of allylic oxidation sites excluding steroid dienone is 1. The number of carbonyl (C=O) groups is 1. The van der Waals surface area contributed by atoms with Gasteiger partial charge in [-0.05, 0) is 76.9 Å². The summed E-state index contributed by atoms with van der Waals surface area (Å²) in [4.78, 5) is 13.0. The molecule has 0 radical (unpaired) electrons. The van der Waals surface area contributed by atoms with Crippen LogP contribution in [0.15, 0.2) is 57.9 Å². The molecule has 0 atom stereocenters. The van der Waals surface area contributed by atoms with Crippen LogP contribution >= 0.6 is 0 Å². The Balaban J connectivity index is 1.69. The van der Waals surface area contributed by atoms with Gasteiger partial charge in [0.15, 0.2) is 5.71 Å². The molecule has 8 nitrogen and oxygen atoms in total. The molecule has 39 heavy (non-hydrogen) atoms. The summed E-state index contributed by atoms with van der Waals surface area (Å²) >= 11 is 0. The summed E-state index contributed by atoms with van der Waals surface area (Å²) in [7, 11) is -4.35. The van der Waals surface area contributed by atoms with Crippen LogP contribution in [0.5, 0.6) is 0 Å². The number of carboxylic acid groups (broad SMARTS) is 1. The highest BCUT2D eigenvalue weighted by Gasteiger charge is 2.44. The second-order valence-electron chi connectivity index (χ2n) is 10.4. The third-order valence-electron chi connectivity index (χ3n) is 7.49. The molecule has 0 aliphatic carbocycles. The first-order chi connectivity index (χ1) is 18.5. The van der Waals surface area contributed by atoms with Crippen LogP contribution in [0.1, 0.15) is 64.7 Å². The largest absolute Gasteiger partial charge is 0.481 e. The average molecular weight is 554 g/mol. The summed E-state index contributed by atoms with van der Waals surface area (Å²) in [5.41, 5.74) is 4.02. The van der Waals surface area contributed by atoms with Gasteiger partial charge < -0.3 is 14.4 Å². The molecule has 1 aromatic heterocycles. The number of carboxylic acids is 1. The first-order valence-corrected chi connectivity index (χ1v) is 14.8. The van der Waals surface area contributed by atoms with Gasteiger partial charge in [0.1, 0.15) is 17.9 Å². The van der Waals surface area contributed by atoms with Gasteiger partial charge in [0.25, 0.3) is 10.1 Å². The van der Waals surface area contributed by atoms with Crippen molar-refractivity contribution >= 4 is 50.2 Å². The topological polar surface area (TPSA) is 111 Å². The standard InChI is InChI=1S/C30H36N2O6S/c1-5-31(6-2)22-12-11-21-18-23(38-27(21)19-22)13-16-28-30(3,4)25-20-24(39(35,36)37)14-15-26(25)32(28)17-9-7-8-10-29(33)34/h11-16,18-20H,5-10,17H2,1-4H3,(H-,33,34,35,36,37)/p+1. The first-order valence-electron chi connectivity index (χ1n) is 13.4. The van der Waals surface area contributed by atoms with Crippen molar-refractivity contribution < 1.29 is 31.9 Å². The molecule has 4 rings (SSSR count). The van der Waals surface area contributed by atoms with Crippen molar-refractivity contribution in [2.24, 2.45) is 0 Å². The minimum absolute atomic E-state index is 0.137. The maximum atomic E-state index is 11.9. The molecule has 0 fully saturated rings. The van der Waals surface area contributed by atoms with Gasteiger partial charge >= 0.3 is 5.97 Å². The normalized spacial score (nSPS) is 14.9. The molecule has 0 saturated carbocycles. The van der Waals surface area contributed by atoms with Crippen molar-refractivity contribution in [3.63, 3.8) is 0 Å². The fourth-order valence-electron chi connectivity index (χ4n) is 5.35. The van der Waals surface area contributed by atoms with Crippen molar-refractivity contribution in [1.82, 2.24) is 0 Å². The third-order valence-corrected chi connectivity index (χ3v) is 8.34. The van der Waals surface area contributed by atoms with E-state index in [1.165, 1.54) is 6.07 Å². The zero-order valence-electron chi connectivity index (χ0n) is 23.0. The van der Waals surface area contributed by atoms with Crippen LogP contribution in [0.3, 0.4) is 0 Å². The van der Waals surface area contributed by atoms with Crippen LogP contribution in [-0.2, 0) is 20.3 Å². The molecule has 0 amide bonds. The lowest BCUT2D eigenvalue weighted by Gasteiger charge is -2.20. The zero-order chi connectivity index (χ0) is 28.4. The van der Waals surface area contributed by atoms with Gasteiger partial charge in [0.05, 0.1) is 10.3 Å². The minimum atomic E-state index is -4.35. The van der Waals surface area contributed by atoms with Crippen molar-refractivity contribution in [1.29, 1.82) is 0 Å². The van der Waals surface area contributed by atoms with E-state index in [0.29, 0.717) is 18.7 Å². The van der Waals surface area contributed by atoms with E-state index in [-0.39, 0.29) is 11.3 Å². The van der Waals surface area contributed by atoms with E-state index < -0.39 is 21.5 Å². The number of benzene rings is 2. The number of anilines is 1. The molecular weight excluding hydrogens is 516 g/mol. The van der Waals surface area contributed by atoms with Gasteiger partial charge in [-0.1, -0.05) is 0 Å². The monoisotopic (exact) mass is 553 g/mol. The number of unbranched alkanes of at least 4 members (excludes halogenated alkanes) is 2. The highest BCUT2D eigenvalue weighted by atomic mass is 32.2. The summed E-state index contributed by atoms with van der Waals surface area (Å²) in [6.45, 7) is 10.8. The van der Waals surface area contributed by atoms with Gasteiger partial charge in [-0.3, -0.25) is 9.35 Å². The molecule has 0 saturated heterocycles. The van der Waals surface area contributed by atoms with Crippen LogP contribution < -0.4 is 4.90 Å². The van der Waals surface area contributed by atoms with E-state index in [1.54, 1.807) is 12.1 Å². The van der Waals surface area contributed by atoms with Gasteiger partial charge in [0, 0.05) is 60.8 Å². The summed E-state index contributed by atoms with van der Waals surface area (Å²) < 4.78 is 41.7. The molecule has 0 unspecified atom stereocenters. The second-order valence-corrected chi connectivity index (χ2v) is 11.8. The van der Waals surface area contributed by atoms with E-state index in [9.17, 15) is 17.8 Å². The summed E-state index contributed by atoms with van der Waals surface area (Å²) in [5, 5.41) is 9.96. The fraction of sp³-hybridized carbons (Fsp3) is 0.400. The predicted molar refractivity (Wildman–Crippen MR) is 154 cm³/mol. The molecule has 1 aliphatic heterocycles. The van der Waals surface area contributed by atoms with E-state index in [4.69, 9.17) is 9.52 Å². The van der Waals surface area contributed by atoms with Gasteiger partial charge in [-0.15, -0.1) is 0 Å². The lowest BCUT2D eigenvalue weighted by molar-refractivity contribution is -0.438. The predicted octanol–water partition coefficient (Wildman–Crippen LogP) is 6.26. The van der Waals surface area contributed by atoms with Gasteiger partial charge in [0.2, 0.25) is 5.69 Å². The fourth-order valence-corrected chi connectivity index (χ4v) is 5.85. The summed E-state index contributed by atoms with van der Waals surface area (Å²) in [5.74, 6) is -0.0911. The van der Waals surface area contributed by atoms with E-state index in [1.807, 2.05) is 32.1 Å². The number of fused-ring (bicyclic) bond motifs is 2. The number of furan rings is 1. The van der Waals surface area contributed by atoms with Crippen molar-refractivity contribution in [2.45, 2.75) is 63.7 Å². The lowest BCUT2D eigenvalue weighted by Crippen LogP contribution is -2.28. The molecule has 0 bridgehead atoms. The Hall–Kier alpha value is -3.43. The Labute approximate surface area is 230 Å². The van der Waals surface area contributed by atoms with E-state index in [2.05, 4.69) is 41.5 Å². The molecule has 0 spiro atoms. The Morgan fingerprint density at radius 2 is 1.77 bits per heavy atom. The van der Waals surface area contributed by atoms with Crippen molar-refractivity contribution in [2.75, 3.05) is 24.5 Å². The van der Waals surface area contributed by atoms with Gasteiger partial charge in [-0.2, -0.15) is 13.0 Å². The summed E-state index contributed by atoms with van der Waals surface area (Å²) in [6.07, 6.45) is 6.21. The second kappa shape index (κ2) is 11.4. The van der Waals surface area contributed by atoms with Crippen molar-refractivity contribution in [3.05, 3.63) is 59.9 Å². The number of nitrogens with zero attached hydrogens (tertiary/aromatic N) is 2. The molecule has 2 N–H and O–H groups in total. The Kier molecular flexibility index (Phi) is 8.32. The quantitative estimate of drug-likeness (QED) is 0.155. The van der Waals surface area contributed by atoms with Gasteiger partial charge in [-0.25, -0.2) is 0 Å². The molecule has 1 aliphatic rings. The lowest BCUT2D eigenvalue weighted by atomic mass is 9.81. The average Bonchev–Trinajstić information content (AvgIpc) is 3.37. The summed E-state index contributed by atoms with van der Waals surface area (Å²) in [6, 6.07) is 12.9. The van der Waals surface area contributed by atoms with Crippen LogP contribution in [0.25, 0.3) is 17.0 Å². The Morgan fingerprint density at radius 3 is 2.44 bits per heavy atom. The molecule has 2 heterocycles.